The number of hydrogen-bond donors (Lipinski definition) is 0. The number of rotatable bonds is 3. The largest absolute Gasteiger partial charge is 0.269 e. The van der Waals surface area contributed by atoms with E-state index in [9.17, 15) is 9.18 Å². The molecule has 0 aliphatic carbocycles. The first-order chi connectivity index (χ1) is 12.6. The van der Waals surface area contributed by atoms with Crippen LogP contribution in [0.15, 0.2) is 59.5 Å². The third-order valence-electron chi connectivity index (χ3n) is 4.42. The SMILES string of the molecule is CCc1cccc(-n2c(C)nc3c(cnn3-c3ccc(F)cc3)c2=O)c1. The van der Waals surface area contributed by atoms with Crippen molar-refractivity contribution in [2.45, 2.75) is 20.3 Å². The highest BCUT2D eigenvalue weighted by Gasteiger charge is 2.15. The van der Waals surface area contributed by atoms with Crippen LogP contribution in [0.1, 0.15) is 18.3 Å². The summed E-state index contributed by atoms with van der Waals surface area (Å²) in [6.45, 7) is 3.87. The van der Waals surface area contributed by atoms with E-state index in [2.05, 4.69) is 17.0 Å². The van der Waals surface area contributed by atoms with Gasteiger partial charge >= 0.3 is 0 Å². The molecule has 2 aromatic carbocycles. The van der Waals surface area contributed by atoms with Crippen molar-refractivity contribution in [3.05, 3.63) is 82.3 Å². The van der Waals surface area contributed by atoms with E-state index >= 15 is 0 Å². The maximum atomic E-state index is 13.2. The maximum absolute atomic E-state index is 13.2. The Bertz CT molecular complexity index is 1160. The van der Waals surface area contributed by atoms with E-state index in [-0.39, 0.29) is 11.4 Å². The average molecular weight is 348 g/mol. The zero-order chi connectivity index (χ0) is 18.3. The van der Waals surface area contributed by atoms with Crippen LogP contribution < -0.4 is 5.56 Å². The van der Waals surface area contributed by atoms with Gasteiger partial charge in [0.2, 0.25) is 0 Å². The fourth-order valence-electron chi connectivity index (χ4n) is 3.06. The summed E-state index contributed by atoms with van der Waals surface area (Å²) in [4.78, 5) is 17.7. The highest BCUT2D eigenvalue weighted by atomic mass is 19.1. The molecule has 4 rings (SSSR count). The summed E-state index contributed by atoms with van der Waals surface area (Å²) in [5.74, 6) is 0.243. The standard InChI is InChI=1S/C20H17FN4O/c1-3-14-5-4-6-17(11-14)24-13(2)23-19-18(20(24)26)12-22-25(19)16-9-7-15(21)8-10-16/h4-12H,3H2,1-2H3. The molecule has 26 heavy (non-hydrogen) atoms. The normalized spacial score (nSPS) is 11.2. The number of aromatic nitrogens is 4. The monoisotopic (exact) mass is 348 g/mol. The van der Waals surface area contributed by atoms with Gasteiger partial charge in [0.15, 0.2) is 5.65 Å². The smallest absolute Gasteiger partial charge is 0.268 e. The predicted octanol–water partition coefficient (Wildman–Crippen LogP) is 3.58. The molecule has 4 aromatic rings. The van der Waals surface area contributed by atoms with E-state index in [4.69, 9.17) is 0 Å². The number of halogens is 1. The molecule has 130 valence electrons. The minimum atomic E-state index is -0.326. The summed E-state index contributed by atoms with van der Waals surface area (Å²) in [7, 11) is 0. The van der Waals surface area contributed by atoms with Gasteiger partial charge in [-0.2, -0.15) is 5.10 Å². The molecule has 0 radical (unpaired) electrons. The molecular weight excluding hydrogens is 331 g/mol. The molecule has 0 unspecified atom stereocenters. The molecule has 0 amide bonds. The number of nitrogens with zero attached hydrogens (tertiary/aromatic N) is 4. The van der Waals surface area contributed by atoms with E-state index in [1.807, 2.05) is 24.3 Å². The summed E-state index contributed by atoms with van der Waals surface area (Å²) in [5.41, 5.74) is 2.88. The number of benzene rings is 2. The van der Waals surface area contributed by atoms with Gasteiger partial charge in [-0.1, -0.05) is 19.1 Å². The topological polar surface area (TPSA) is 52.7 Å². The van der Waals surface area contributed by atoms with Gasteiger partial charge in [-0.05, 0) is 55.3 Å². The van der Waals surface area contributed by atoms with Crippen molar-refractivity contribution < 1.29 is 4.39 Å². The first-order valence-corrected chi connectivity index (χ1v) is 8.41. The van der Waals surface area contributed by atoms with Gasteiger partial charge in [0.05, 0.1) is 17.6 Å². The van der Waals surface area contributed by atoms with Crippen molar-refractivity contribution in [3.63, 3.8) is 0 Å². The number of aryl methyl sites for hydroxylation is 2. The number of fused-ring (bicyclic) bond motifs is 1. The lowest BCUT2D eigenvalue weighted by molar-refractivity contribution is 0.627. The van der Waals surface area contributed by atoms with Gasteiger partial charge in [0, 0.05) is 0 Å². The van der Waals surface area contributed by atoms with Crippen molar-refractivity contribution in [1.82, 2.24) is 19.3 Å². The van der Waals surface area contributed by atoms with Crippen LogP contribution in [0, 0.1) is 12.7 Å². The van der Waals surface area contributed by atoms with Gasteiger partial charge in [0.25, 0.3) is 5.56 Å². The van der Waals surface area contributed by atoms with Crippen LogP contribution >= 0.6 is 0 Å². The summed E-state index contributed by atoms with van der Waals surface area (Å²) < 4.78 is 16.3. The maximum Gasteiger partial charge on any atom is 0.269 e. The van der Waals surface area contributed by atoms with Gasteiger partial charge in [-0.25, -0.2) is 14.1 Å². The molecular formula is C20H17FN4O. The van der Waals surface area contributed by atoms with Crippen LogP contribution in [0.2, 0.25) is 0 Å². The van der Waals surface area contributed by atoms with Crippen LogP contribution in [0.5, 0.6) is 0 Å². The molecule has 0 saturated carbocycles. The highest BCUT2D eigenvalue weighted by Crippen LogP contribution is 2.17. The third-order valence-corrected chi connectivity index (χ3v) is 4.42. The van der Waals surface area contributed by atoms with Crippen LogP contribution in [-0.2, 0) is 6.42 Å². The fraction of sp³-hybridized carbons (Fsp3) is 0.150. The molecule has 0 N–H and O–H groups in total. The Hall–Kier alpha value is -3.28. The van der Waals surface area contributed by atoms with Gasteiger partial charge in [-0.15, -0.1) is 0 Å². The first-order valence-electron chi connectivity index (χ1n) is 8.41. The number of hydrogen-bond acceptors (Lipinski definition) is 3. The second-order valence-corrected chi connectivity index (χ2v) is 6.09. The molecule has 0 spiro atoms. The Morgan fingerprint density at radius 2 is 1.85 bits per heavy atom. The van der Waals surface area contributed by atoms with Crippen molar-refractivity contribution in [3.8, 4) is 11.4 Å². The Morgan fingerprint density at radius 1 is 1.08 bits per heavy atom. The molecule has 2 aromatic heterocycles. The lowest BCUT2D eigenvalue weighted by Gasteiger charge is -2.11. The third kappa shape index (κ3) is 2.60. The molecule has 6 heteroatoms. The summed E-state index contributed by atoms with van der Waals surface area (Å²) in [5, 5.41) is 4.70. The highest BCUT2D eigenvalue weighted by molar-refractivity contribution is 5.75. The lowest BCUT2D eigenvalue weighted by atomic mass is 10.1. The van der Waals surface area contributed by atoms with Crippen LogP contribution in [0.25, 0.3) is 22.4 Å². The van der Waals surface area contributed by atoms with E-state index in [1.165, 1.54) is 18.3 Å². The van der Waals surface area contributed by atoms with Crippen molar-refractivity contribution in [1.29, 1.82) is 0 Å². The average Bonchev–Trinajstić information content (AvgIpc) is 3.06. The van der Waals surface area contributed by atoms with Crippen LogP contribution in [0.4, 0.5) is 4.39 Å². The first kappa shape index (κ1) is 16.2. The molecule has 5 nitrogen and oxygen atoms in total. The molecule has 0 aliphatic rings. The minimum Gasteiger partial charge on any atom is -0.268 e. The molecule has 0 saturated heterocycles. The minimum absolute atomic E-state index is 0.172. The van der Waals surface area contributed by atoms with E-state index in [1.54, 1.807) is 28.3 Å². The predicted molar refractivity (Wildman–Crippen MR) is 98.5 cm³/mol. The molecule has 0 bridgehead atoms. The van der Waals surface area contributed by atoms with Crippen molar-refractivity contribution in [2.75, 3.05) is 0 Å². The second-order valence-electron chi connectivity index (χ2n) is 6.09. The van der Waals surface area contributed by atoms with E-state index in [0.717, 1.165) is 17.7 Å². The second kappa shape index (κ2) is 6.22. The molecule has 0 atom stereocenters. The van der Waals surface area contributed by atoms with Gasteiger partial charge in [0.1, 0.15) is 17.0 Å². The van der Waals surface area contributed by atoms with Crippen molar-refractivity contribution >= 4 is 11.0 Å². The Balaban J connectivity index is 1.93. The Kier molecular flexibility index (Phi) is 3.88. The zero-order valence-corrected chi connectivity index (χ0v) is 14.5. The summed E-state index contributed by atoms with van der Waals surface area (Å²) >= 11 is 0. The van der Waals surface area contributed by atoms with Gasteiger partial charge < -0.3 is 0 Å². The van der Waals surface area contributed by atoms with E-state index in [0.29, 0.717) is 22.5 Å². The Labute approximate surface area is 149 Å². The molecule has 0 aliphatic heterocycles. The van der Waals surface area contributed by atoms with Crippen LogP contribution in [-0.4, -0.2) is 19.3 Å². The molecule has 0 fully saturated rings. The van der Waals surface area contributed by atoms with Crippen LogP contribution in [0.3, 0.4) is 0 Å². The summed E-state index contributed by atoms with van der Waals surface area (Å²) in [6, 6.07) is 13.8. The molecule has 2 heterocycles. The quantitative estimate of drug-likeness (QED) is 0.569. The van der Waals surface area contributed by atoms with Crippen molar-refractivity contribution in [2.24, 2.45) is 0 Å². The Morgan fingerprint density at radius 3 is 2.58 bits per heavy atom. The van der Waals surface area contributed by atoms with E-state index < -0.39 is 0 Å². The lowest BCUT2D eigenvalue weighted by Crippen LogP contribution is -2.22. The zero-order valence-electron chi connectivity index (χ0n) is 14.5. The van der Waals surface area contributed by atoms with Gasteiger partial charge in [-0.3, -0.25) is 9.36 Å². The fourth-order valence-corrected chi connectivity index (χ4v) is 3.06. The summed E-state index contributed by atoms with van der Waals surface area (Å²) in [6.07, 6.45) is 2.40.